The van der Waals surface area contributed by atoms with Gasteiger partial charge in [0.05, 0.1) is 29.9 Å². The maximum Gasteiger partial charge on any atom is 0.101 e. The number of anilines is 2. The lowest BCUT2D eigenvalue weighted by Gasteiger charge is -2.40. The summed E-state index contributed by atoms with van der Waals surface area (Å²) in [6.07, 6.45) is 1.96. The first-order valence-electron chi connectivity index (χ1n) is 13.2. The first-order chi connectivity index (χ1) is 18.1. The Balaban J connectivity index is 1.15. The lowest BCUT2D eigenvalue weighted by molar-refractivity contribution is -0.0329. The second kappa shape index (κ2) is 10.3. The van der Waals surface area contributed by atoms with E-state index in [-0.39, 0.29) is 24.9 Å². The van der Waals surface area contributed by atoms with Crippen molar-refractivity contribution in [3.05, 3.63) is 65.4 Å². The number of nitrogens with one attached hydrogen (secondary N) is 1. The lowest BCUT2D eigenvalue weighted by atomic mass is 10.1. The number of aliphatic hydroxyl groups is 1. The fraction of sp³-hybridized carbons (Fsp3) is 0.448. The van der Waals surface area contributed by atoms with E-state index in [1.54, 1.807) is 6.20 Å². The highest BCUT2D eigenvalue weighted by Crippen LogP contribution is 2.32. The van der Waals surface area contributed by atoms with Crippen LogP contribution in [0.15, 0.2) is 48.7 Å². The molecule has 2 N–H and O–H groups in total. The summed E-state index contributed by atoms with van der Waals surface area (Å²) >= 11 is 0. The van der Waals surface area contributed by atoms with E-state index >= 15 is 0 Å². The fourth-order valence-electron chi connectivity index (χ4n) is 6.11. The Morgan fingerprint density at radius 3 is 2.86 bits per heavy atom. The van der Waals surface area contributed by atoms with Crippen molar-refractivity contribution in [3.8, 4) is 6.07 Å². The van der Waals surface area contributed by atoms with E-state index < -0.39 is 0 Å². The van der Waals surface area contributed by atoms with Gasteiger partial charge < -0.3 is 25.0 Å². The fourth-order valence-corrected chi connectivity index (χ4v) is 6.11. The molecular formula is C29H34N6O2. The van der Waals surface area contributed by atoms with Gasteiger partial charge in [0.15, 0.2) is 0 Å². The van der Waals surface area contributed by atoms with Gasteiger partial charge in [0, 0.05) is 81.4 Å². The van der Waals surface area contributed by atoms with Crippen LogP contribution in [0, 0.1) is 11.3 Å². The van der Waals surface area contributed by atoms with E-state index in [0.29, 0.717) is 5.56 Å². The van der Waals surface area contributed by atoms with E-state index in [1.165, 1.54) is 16.8 Å². The Morgan fingerprint density at radius 1 is 1.11 bits per heavy atom. The molecule has 8 nitrogen and oxygen atoms in total. The van der Waals surface area contributed by atoms with Gasteiger partial charge in [-0.2, -0.15) is 5.26 Å². The number of hydrogen-bond donors (Lipinski definition) is 2. The molecule has 3 aliphatic heterocycles. The van der Waals surface area contributed by atoms with Crippen LogP contribution in [-0.4, -0.2) is 79.1 Å². The summed E-state index contributed by atoms with van der Waals surface area (Å²) in [5, 5.41) is 23.5. The molecule has 2 aromatic carbocycles. The van der Waals surface area contributed by atoms with Crippen molar-refractivity contribution in [1.29, 1.82) is 5.26 Å². The average molecular weight is 499 g/mol. The number of benzene rings is 2. The number of aromatic nitrogens is 1. The minimum Gasteiger partial charge on any atom is -0.395 e. The number of pyridine rings is 1. The van der Waals surface area contributed by atoms with Gasteiger partial charge in [0.25, 0.3) is 0 Å². The number of aliphatic hydroxyl groups excluding tert-OH is 1. The first kappa shape index (κ1) is 24.1. The second-order valence-electron chi connectivity index (χ2n) is 10.5. The van der Waals surface area contributed by atoms with Crippen molar-refractivity contribution in [2.45, 2.75) is 38.3 Å². The van der Waals surface area contributed by atoms with Crippen LogP contribution in [-0.2, 0) is 17.8 Å². The largest absolute Gasteiger partial charge is 0.395 e. The van der Waals surface area contributed by atoms with Gasteiger partial charge in [0.1, 0.15) is 6.07 Å². The first-order valence-corrected chi connectivity index (χ1v) is 13.2. The summed E-state index contributed by atoms with van der Waals surface area (Å²) in [6.45, 7) is 9.36. The molecule has 1 unspecified atom stereocenters. The normalized spacial score (nSPS) is 24.3. The third-order valence-corrected chi connectivity index (χ3v) is 7.81. The van der Waals surface area contributed by atoms with E-state index in [4.69, 9.17) is 4.74 Å². The number of morpholine rings is 1. The predicted molar refractivity (Wildman–Crippen MR) is 145 cm³/mol. The number of nitrogens with zero attached hydrogens (tertiary/aromatic N) is 5. The van der Waals surface area contributed by atoms with Crippen LogP contribution >= 0.6 is 0 Å². The Hall–Kier alpha value is -3.22. The third-order valence-electron chi connectivity index (χ3n) is 7.81. The Labute approximate surface area is 218 Å². The molecule has 37 heavy (non-hydrogen) atoms. The molecule has 1 aromatic heterocycles. The third kappa shape index (κ3) is 4.88. The summed E-state index contributed by atoms with van der Waals surface area (Å²) in [5.74, 6) is 0. The Bertz CT molecular complexity index is 1320. The predicted octanol–water partition coefficient (Wildman–Crippen LogP) is 2.49. The molecule has 0 bridgehead atoms. The maximum absolute atomic E-state index is 9.56. The molecule has 4 heterocycles. The minimum absolute atomic E-state index is 0.0957. The standard InChI is InChI=1S/C29H34N6O2/c1-20-13-35(28-7-5-21(12-30)29-27(28)3-2-8-32-29)18-26(37-20)17-33-14-22-4-6-25(11-23(22)15-33)34-10-9-31-24(16-34)19-36/h2-8,11,20,24,26,31,36H,9-10,13-19H2,1H3/t20-,24?,26+/m1/s1. The molecule has 0 amide bonds. The van der Waals surface area contributed by atoms with Crippen molar-refractivity contribution in [2.75, 3.05) is 55.7 Å². The molecule has 8 heteroatoms. The van der Waals surface area contributed by atoms with Gasteiger partial charge in [-0.05, 0) is 54.4 Å². The Kier molecular flexibility index (Phi) is 6.70. The van der Waals surface area contributed by atoms with Crippen molar-refractivity contribution >= 4 is 22.3 Å². The summed E-state index contributed by atoms with van der Waals surface area (Å²) in [6, 6.07) is 17.2. The second-order valence-corrected chi connectivity index (χ2v) is 10.5. The number of ether oxygens (including phenoxy) is 1. The quantitative estimate of drug-likeness (QED) is 0.555. The summed E-state index contributed by atoms with van der Waals surface area (Å²) < 4.78 is 6.41. The average Bonchev–Trinajstić information content (AvgIpc) is 3.33. The van der Waals surface area contributed by atoms with Crippen molar-refractivity contribution < 1.29 is 9.84 Å². The number of piperazine rings is 1. The zero-order chi connectivity index (χ0) is 25.4. The molecule has 0 aliphatic carbocycles. The Morgan fingerprint density at radius 2 is 2.00 bits per heavy atom. The lowest BCUT2D eigenvalue weighted by Crippen LogP contribution is -2.52. The molecule has 2 fully saturated rings. The highest BCUT2D eigenvalue weighted by molar-refractivity contribution is 5.95. The maximum atomic E-state index is 9.56. The number of fused-ring (bicyclic) bond motifs is 2. The van der Waals surface area contributed by atoms with Crippen LogP contribution in [0.2, 0.25) is 0 Å². The highest BCUT2D eigenvalue weighted by Gasteiger charge is 2.30. The van der Waals surface area contributed by atoms with Gasteiger partial charge in [-0.1, -0.05) is 6.07 Å². The molecular weight excluding hydrogens is 464 g/mol. The van der Waals surface area contributed by atoms with E-state index in [1.807, 2.05) is 12.1 Å². The monoisotopic (exact) mass is 498 g/mol. The van der Waals surface area contributed by atoms with E-state index in [0.717, 1.165) is 68.9 Å². The molecule has 0 radical (unpaired) electrons. The molecule has 0 spiro atoms. The number of nitriles is 1. The molecule has 0 saturated carbocycles. The number of hydrogen-bond acceptors (Lipinski definition) is 8. The van der Waals surface area contributed by atoms with Crippen LogP contribution in [0.1, 0.15) is 23.6 Å². The van der Waals surface area contributed by atoms with Crippen molar-refractivity contribution in [3.63, 3.8) is 0 Å². The van der Waals surface area contributed by atoms with Crippen LogP contribution in [0.25, 0.3) is 10.9 Å². The van der Waals surface area contributed by atoms with Crippen LogP contribution in [0.4, 0.5) is 11.4 Å². The molecule has 3 aromatic rings. The van der Waals surface area contributed by atoms with Gasteiger partial charge in [-0.3, -0.25) is 9.88 Å². The molecule has 3 aliphatic rings. The topological polar surface area (TPSA) is 87.9 Å². The molecule has 3 atom stereocenters. The van der Waals surface area contributed by atoms with E-state index in [9.17, 15) is 10.4 Å². The molecule has 2 saturated heterocycles. The SMILES string of the molecule is C[C@@H]1CN(c2ccc(C#N)c3ncccc23)C[C@H](CN2Cc3ccc(N4CCNC(CO)C4)cc3C2)O1. The summed E-state index contributed by atoms with van der Waals surface area (Å²) in [7, 11) is 0. The van der Waals surface area contributed by atoms with Crippen LogP contribution in [0.5, 0.6) is 0 Å². The highest BCUT2D eigenvalue weighted by atomic mass is 16.5. The van der Waals surface area contributed by atoms with Gasteiger partial charge >= 0.3 is 0 Å². The van der Waals surface area contributed by atoms with Gasteiger partial charge in [-0.25, -0.2) is 0 Å². The van der Waals surface area contributed by atoms with Crippen molar-refractivity contribution in [2.24, 2.45) is 0 Å². The van der Waals surface area contributed by atoms with Crippen LogP contribution in [0.3, 0.4) is 0 Å². The molecule has 192 valence electrons. The zero-order valence-electron chi connectivity index (χ0n) is 21.3. The summed E-state index contributed by atoms with van der Waals surface area (Å²) in [5.41, 5.74) is 6.52. The smallest absolute Gasteiger partial charge is 0.101 e. The number of rotatable bonds is 5. The summed E-state index contributed by atoms with van der Waals surface area (Å²) in [4.78, 5) is 11.8. The minimum atomic E-state index is 0.0957. The van der Waals surface area contributed by atoms with Gasteiger partial charge in [0.2, 0.25) is 0 Å². The van der Waals surface area contributed by atoms with Crippen LogP contribution < -0.4 is 15.1 Å². The van der Waals surface area contributed by atoms with E-state index in [2.05, 4.69) is 68.3 Å². The van der Waals surface area contributed by atoms with Gasteiger partial charge in [-0.15, -0.1) is 0 Å². The van der Waals surface area contributed by atoms with Crippen molar-refractivity contribution in [1.82, 2.24) is 15.2 Å². The molecule has 6 rings (SSSR count). The zero-order valence-corrected chi connectivity index (χ0v) is 21.3.